The van der Waals surface area contributed by atoms with Gasteiger partial charge in [0.05, 0.1) is 16.6 Å². The molecule has 0 saturated carbocycles. The van der Waals surface area contributed by atoms with E-state index in [2.05, 4.69) is 15.0 Å². The van der Waals surface area contributed by atoms with Crippen molar-refractivity contribution in [3.05, 3.63) is 35.6 Å². The Hall–Kier alpha value is -1.75. The lowest BCUT2D eigenvalue weighted by Gasteiger charge is -1.86. The minimum absolute atomic E-state index is 0.358. The number of nitrogens with one attached hydrogen (secondary N) is 1. The topological polar surface area (TPSA) is 41.6 Å². The van der Waals surface area contributed by atoms with Gasteiger partial charge in [-0.05, 0) is 11.4 Å². The minimum Gasteiger partial charge on any atom is -0.336 e. The van der Waals surface area contributed by atoms with Gasteiger partial charge in [-0.2, -0.15) is 0 Å². The fourth-order valence-electron chi connectivity index (χ4n) is 1.40. The van der Waals surface area contributed by atoms with Crippen molar-refractivity contribution in [2.45, 2.75) is 0 Å². The van der Waals surface area contributed by atoms with E-state index in [-0.39, 0.29) is 5.82 Å². The third kappa shape index (κ3) is 1.41. The first-order valence-electron chi connectivity index (χ1n) is 4.38. The van der Waals surface area contributed by atoms with E-state index in [9.17, 15) is 4.39 Å². The van der Waals surface area contributed by atoms with Crippen LogP contribution in [0.2, 0.25) is 0 Å². The molecule has 0 atom stereocenters. The number of hydrogen-bond donors (Lipinski definition) is 1. The highest BCUT2D eigenvalue weighted by molar-refractivity contribution is 7.13. The molecular weight excluding hydrogens is 213 g/mol. The van der Waals surface area contributed by atoms with E-state index >= 15 is 0 Å². The maximum atomic E-state index is 12.9. The average Bonchev–Trinajstić information content (AvgIpc) is 2.84. The number of thiophene rings is 1. The first-order chi connectivity index (χ1) is 7.33. The number of rotatable bonds is 1. The van der Waals surface area contributed by atoms with Crippen molar-refractivity contribution in [3.8, 4) is 10.7 Å². The van der Waals surface area contributed by atoms with Crippen molar-refractivity contribution in [1.29, 1.82) is 0 Å². The predicted molar refractivity (Wildman–Crippen MR) is 57.2 cm³/mol. The summed E-state index contributed by atoms with van der Waals surface area (Å²) in [6.07, 6.45) is 1.17. The lowest BCUT2D eigenvalue weighted by molar-refractivity contribution is 0.624. The van der Waals surface area contributed by atoms with Crippen LogP contribution in [0.4, 0.5) is 4.39 Å². The number of pyridine rings is 1. The second-order valence-corrected chi connectivity index (χ2v) is 4.04. The molecular formula is C10H6FN3S. The summed E-state index contributed by atoms with van der Waals surface area (Å²) >= 11 is 1.58. The summed E-state index contributed by atoms with van der Waals surface area (Å²) in [4.78, 5) is 12.2. The molecule has 0 aromatic carbocycles. The van der Waals surface area contributed by atoms with Crippen LogP contribution in [0.3, 0.4) is 0 Å². The molecule has 0 aliphatic carbocycles. The number of aromatic amines is 1. The minimum atomic E-state index is -0.358. The summed E-state index contributed by atoms with van der Waals surface area (Å²) in [5.74, 6) is 0.377. The van der Waals surface area contributed by atoms with E-state index in [4.69, 9.17) is 0 Å². The SMILES string of the molecule is Fc1cnc2nc(-c3cccs3)[nH]c2c1. The van der Waals surface area contributed by atoms with Crippen LogP contribution in [0.15, 0.2) is 29.8 Å². The van der Waals surface area contributed by atoms with Crippen LogP contribution in [-0.4, -0.2) is 15.0 Å². The predicted octanol–water partition coefficient (Wildman–Crippen LogP) is 2.83. The number of H-pyrrole nitrogens is 1. The van der Waals surface area contributed by atoms with Crippen LogP contribution in [0.1, 0.15) is 0 Å². The van der Waals surface area contributed by atoms with E-state index in [1.807, 2.05) is 17.5 Å². The smallest absolute Gasteiger partial charge is 0.178 e. The Morgan fingerprint density at radius 2 is 2.33 bits per heavy atom. The molecule has 1 N–H and O–H groups in total. The van der Waals surface area contributed by atoms with Crippen LogP contribution in [0.5, 0.6) is 0 Å². The Morgan fingerprint density at radius 3 is 3.13 bits per heavy atom. The Balaban J connectivity index is 2.22. The van der Waals surface area contributed by atoms with Gasteiger partial charge in [-0.3, -0.25) is 0 Å². The lowest BCUT2D eigenvalue weighted by atomic mass is 10.4. The highest BCUT2D eigenvalue weighted by Gasteiger charge is 2.07. The molecule has 0 saturated heterocycles. The average molecular weight is 219 g/mol. The Labute approximate surface area is 88.6 Å². The van der Waals surface area contributed by atoms with Gasteiger partial charge in [-0.1, -0.05) is 6.07 Å². The molecule has 3 nitrogen and oxygen atoms in total. The summed E-state index contributed by atoms with van der Waals surface area (Å²) in [5.41, 5.74) is 1.17. The standard InChI is InChI=1S/C10H6FN3S/c11-6-4-7-9(12-5-6)14-10(13-7)8-2-1-3-15-8/h1-5H,(H,12,13,14). The van der Waals surface area contributed by atoms with Crippen molar-refractivity contribution in [3.63, 3.8) is 0 Å². The summed E-state index contributed by atoms with van der Waals surface area (Å²) < 4.78 is 12.9. The Kier molecular flexibility index (Phi) is 1.78. The fraction of sp³-hybridized carbons (Fsp3) is 0. The van der Waals surface area contributed by atoms with E-state index in [1.54, 1.807) is 11.3 Å². The van der Waals surface area contributed by atoms with Crippen molar-refractivity contribution in [2.75, 3.05) is 0 Å². The van der Waals surface area contributed by atoms with Crippen LogP contribution < -0.4 is 0 Å². The van der Waals surface area contributed by atoms with Gasteiger partial charge in [-0.15, -0.1) is 11.3 Å². The van der Waals surface area contributed by atoms with E-state index in [1.165, 1.54) is 12.3 Å². The van der Waals surface area contributed by atoms with E-state index < -0.39 is 0 Å². The van der Waals surface area contributed by atoms with Crippen molar-refractivity contribution in [1.82, 2.24) is 15.0 Å². The Bertz CT molecular complexity index is 600. The molecule has 0 fully saturated rings. The van der Waals surface area contributed by atoms with Gasteiger partial charge in [0.15, 0.2) is 5.65 Å². The molecule has 15 heavy (non-hydrogen) atoms. The monoisotopic (exact) mass is 219 g/mol. The quantitative estimate of drug-likeness (QED) is 0.683. The van der Waals surface area contributed by atoms with Crippen LogP contribution in [0, 0.1) is 5.82 Å². The molecule has 0 bridgehead atoms. The third-order valence-electron chi connectivity index (χ3n) is 2.06. The second kappa shape index (κ2) is 3.13. The highest BCUT2D eigenvalue weighted by atomic mass is 32.1. The number of imidazole rings is 1. The zero-order valence-corrected chi connectivity index (χ0v) is 8.38. The third-order valence-corrected chi connectivity index (χ3v) is 2.94. The first kappa shape index (κ1) is 8.55. The first-order valence-corrected chi connectivity index (χ1v) is 5.26. The summed E-state index contributed by atoms with van der Waals surface area (Å²) in [6.45, 7) is 0. The number of hydrogen-bond acceptors (Lipinski definition) is 3. The molecule has 5 heteroatoms. The summed E-state index contributed by atoms with van der Waals surface area (Å²) in [5, 5.41) is 1.97. The van der Waals surface area contributed by atoms with Crippen molar-refractivity contribution in [2.24, 2.45) is 0 Å². The normalized spacial score (nSPS) is 11.0. The fourth-order valence-corrected chi connectivity index (χ4v) is 2.07. The van der Waals surface area contributed by atoms with Crippen LogP contribution >= 0.6 is 11.3 Å². The zero-order valence-electron chi connectivity index (χ0n) is 7.57. The van der Waals surface area contributed by atoms with Crippen molar-refractivity contribution >= 4 is 22.5 Å². The molecule has 3 heterocycles. The van der Waals surface area contributed by atoms with Gasteiger partial charge in [0.2, 0.25) is 0 Å². The maximum Gasteiger partial charge on any atom is 0.178 e. The van der Waals surface area contributed by atoms with Gasteiger partial charge < -0.3 is 4.98 Å². The highest BCUT2D eigenvalue weighted by Crippen LogP contribution is 2.23. The zero-order chi connectivity index (χ0) is 10.3. The van der Waals surface area contributed by atoms with E-state index in [0.29, 0.717) is 11.2 Å². The number of nitrogens with zero attached hydrogens (tertiary/aromatic N) is 2. The molecule has 3 aromatic heterocycles. The van der Waals surface area contributed by atoms with Gasteiger partial charge in [0, 0.05) is 6.07 Å². The van der Waals surface area contributed by atoms with Gasteiger partial charge in [0.25, 0.3) is 0 Å². The van der Waals surface area contributed by atoms with Crippen LogP contribution in [0.25, 0.3) is 21.9 Å². The Morgan fingerprint density at radius 1 is 1.40 bits per heavy atom. The molecule has 0 aliphatic heterocycles. The number of aromatic nitrogens is 3. The van der Waals surface area contributed by atoms with E-state index in [0.717, 1.165) is 10.7 Å². The van der Waals surface area contributed by atoms with Gasteiger partial charge in [-0.25, -0.2) is 14.4 Å². The number of halogens is 1. The molecule has 0 spiro atoms. The molecule has 74 valence electrons. The lowest BCUT2D eigenvalue weighted by Crippen LogP contribution is -1.78. The van der Waals surface area contributed by atoms with Crippen molar-refractivity contribution < 1.29 is 4.39 Å². The van der Waals surface area contributed by atoms with Gasteiger partial charge in [0.1, 0.15) is 11.6 Å². The molecule has 3 aromatic rings. The molecule has 0 amide bonds. The maximum absolute atomic E-state index is 12.9. The summed E-state index contributed by atoms with van der Waals surface area (Å²) in [6, 6.07) is 5.30. The largest absolute Gasteiger partial charge is 0.336 e. The van der Waals surface area contributed by atoms with Crippen LogP contribution in [-0.2, 0) is 0 Å². The summed E-state index contributed by atoms with van der Waals surface area (Å²) in [7, 11) is 0. The molecule has 3 rings (SSSR count). The molecule has 0 aliphatic rings. The number of fused-ring (bicyclic) bond motifs is 1. The second-order valence-electron chi connectivity index (χ2n) is 3.09. The molecule has 0 radical (unpaired) electrons. The van der Waals surface area contributed by atoms with Gasteiger partial charge >= 0.3 is 0 Å². The molecule has 0 unspecified atom stereocenters.